The molecule has 1 unspecified atom stereocenters. The van der Waals surface area contributed by atoms with E-state index in [1.165, 1.54) is 83.5 Å². The molecule has 2 aliphatic carbocycles. The molecule has 2 fully saturated rings. The molecule has 2 aromatic carbocycles. The zero-order valence-electron chi connectivity index (χ0n) is 25.1. The smallest absolute Gasteiger partial charge is 0.00921 e. The summed E-state index contributed by atoms with van der Waals surface area (Å²) in [4.78, 5) is 0. The highest BCUT2D eigenvalue weighted by Gasteiger charge is 2.33. The fourth-order valence-electron chi connectivity index (χ4n) is 7.42. The quantitative estimate of drug-likeness (QED) is 0.304. The molecular weight excluding hydrogens is 444 g/mol. The molecular formula is C37H56. The Balaban J connectivity index is 1.69. The molecule has 1 atom stereocenters. The van der Waals surface area contributed by atoms with Crippen molar-refractivity contribution in [1.82, 2.24) is 0 Å². The van der Waals surface area contributed by atoms with Crippen molar-refractivity contribution in [2.24, 2.45) is 17.8 Å². The van der Waals surface area contributed by atoms with Crippen molar-refractivity contribution in [1.29, 1.82) is 0 Å². The molecule has 0 N–H and O–H groups in total. The van der Waals surface area contributed by atoms with Crippen molar-refractivity contribution in [2.45, 2.75) is 142 Å². The van der Waals surface area contributed by atoms with Crippen molar-refractivity contribution in [3.05, 3.63) is 70.8 Å². The number of hydrogen-bond donors (Lipinski definition) is 0. The minimum Gasteiger partial charge on any atom is -0.0654 e. The van der Waals surface area contributed by atoms with E-state index in [4.69, 9.17) is 0 Å². The van der Waals surface area contributed by atoms with E-state index in [-0.39, 0.29) is 0 Å². The van der Waals surface area contributed by atoms with Gasteiger partial charge in [0.05, 0.1) is 0 Å². The van der Waals surface area contributed by atoms with Crippen LogP contribution in [0.15, 0.2) is 48.5 Å². The lowest BCUT2D eigenvalue weighted by atomic mass is 9.67. The van der Waals surface area contributed by atoms with Crippen LogP contribution in [0.1, 0.15) is 153 Å². The normalized spacial score (nSPS) is 30.1. The standard InChI is InChI=1S/C37H56/c1-7-9-12-30(8-2)25-35(31-13-10-15-33(26-31)36(5)21-17-28(3)18-22-36)32-14-11-16-34(27-32)37(6)23-19-29(4)20-24-37/h10-11,13-16,26-30,35H,7-9,12,17-25H2,1-6H3. The van der Waals surface area contributed by atoms with Gasteiger partial charge in [0.25, 0.3) is 0 Å². The third-order valence-corrected chi connectivity index (χ3v) is 10.8. The molecule has 0 bridgehead atoms. The van der Waals surface area contributed by atoms with E-state index in [2.05, 4.69) is 90.1 Å². The van der Waals surface area contributed by atoms with Gasteiger partial charge >= 0.3 is 0 Å². The van der Waals surface area contributed by atoms with Gasteiger partial charge in [0.2, 0.25) is 0 Å². The summed E-state index contributed by atoms with van der Waals surface area (Å²) in [5, 5.41) is 0. The van der Waals surface area contributed by atoms with Crippen LogP contribution in [0, 0.1) is 17.8 Å². The molecule has 2 saturated carbocycles. The van der Waals surface area contributed by atoms with Crippen LogP contribution in [-0.2, 0) is 10.8 Å². The molecule has 0 saturated heterocycles. The van der Waals surface area contributed by atoms with Gasteiger partial charge in [-0.2, -0.15) is 0 Å². The van der Waals surface area contributed by atoms with Gasteiger partial charge in [-0.25, -0.2) is 0 Å². The van der Waals surface area contributed by atoms with Crippen LogP contribution in [0.5, 0.6) is 0 Å². The van der Waals surface area contributed by atoms with Gasteiger partial charge in [-0.05, 0) is 109 Å². The Bertz CT molecular complexity index is 896. The highest BCUT2D eigenvalue weighted by molar-refractivity contribution is 5.40. The van der Waals surface area contributed by atoms with Crippen molar-refractivity contribution in [3.8, 4) is 0 Å². The molecule has 0 nitrogen and oxygen atoms in total. The second-order valence-corrected chi connectivity index (χ2v) is 13.9. The SMILES string of the molecule is CCCCC(CC)CC(c1cccc(C2(C)CCC(C)CC2)c1)c1cccc(C2(C)CCC(C)CC2)c1. The summed E-state index contributed by atoms with van der Waals surface area (Å²) in [5.41, 5.74) is 6.99. The van der Waals surface area contributed by atoms with Gasteiger partial charge in [-0.3, -0.25) is 0 Å². The molecule has 2 aliphatic rings. The molecule has 4 rings (SSSR count). The highest BCUT2D eigenvalue weighted by atomic mass is 14.4. The second kappa shape index (κ2) is 12.5. The first-order chi connectivity index (χ1) is 17.8. The first-order valence-electron chi connectivity index (χ1n) is 16.0. The van der Waals surface area contributed by atoms with Crippen LogP contribution in [0.4, 0.5) is 0 Å². The molecule has 2 aromatic rings. The molecule has 37 heavy (non-hydrogen) atoms. The van der Waals surface area contributed by atoms with Gasteiger partial charge in [-0.1, -0.05) is 116 Å². The Hall–Kier alpha value is -1.56. The topological polar surface area (TPSA) is 0 Å². The molecule has 0 amide bonds. The maximum Gasteiger partial charge on any atom is 0.00921 e. The predicted octanol–water partition coefficient (Wildman–Crippen LogP) is 11.4. The summed E-state index contributed by atoms with van der Waals surface area (Å²) >= 11 is 0. The highest BCUT2D eigenvalue weighted by Crippen LogP contribution is 2.45. The minimum atomic E-state index is 0.341. The van der Waals surface area contributed by atoms with Gasteiger partial charge in [0, 0.05) is 5.92 Å². The van der Waals surface area contributed by atoms with E-state index in [9.17, 15) is 0 Å². The second-order valence-electron chi connectivity index (χ2n) is 13.9. The van der Waals surface area contributed by atoms with Crippen molar-refractivity contribution in [2.75, 3.05) is 0 Å². The van der Waals surface area contributed by atoms with Crippen LogP contribution < -0.4 is 0 Å². The zero-order chi connectivity index (χ0) is 26.5. The lowest BCUT2D eigenvalue weighted by Crippen LogP contribution is -2.28. The molecule has 204 valence electrons. The minimum absolute atomic E-state index is 0.341. The molecule has 0 aliphatic heterocycles. The van der Waals surface area contributed by atoms with Crippen molar-refractivity contribution >= 4 is 0 Å². The fourth-order valence-corrected chi connectivity index (χ4v) is 7.42. The summed E-state index contributed by atoms with van der Waals surface area (Å²) in [5.74, 6) is 3.08. The third-order valence-electron chi connectivity index (χ3n) is 10.8. The largest absolute Gasteiger partial charge is 0.0654 e. The van der Waals surface area contributed by atoms with Gasteiger partial charge < -0.3 is 0 Å². The number of hydrogen-bond acceptors (Lipinski definition) is 0. The van der Waals surface area contributed by atoms with Gasteiger partial charge in [0.1, 0.15) is 0 Å². The van der Waals surface area contributed by atoms with Crippen LogP contribution in [0.3, 0.4) is 0 Å². The molecule has 0 heterocycles. The maximum absolute atomic E-state index is 2.63. The predicted molar refractivity (Wildman–Crippen MR) is 163 cm³/mol. The Kier molecular flexibility index (Phi) is 9.63. The molecule has 0 heteroatoms. The Morgan fingerprint density at radius 3 is 1.59 bits per heavy atom. The van der Waals surface area contributed by atoms with E-state index in [0.717, 1.165) is 17.8 Å². The van der Waals surface area contributed by atoms with E-state index in [1.807, 2.05) is 0 Å². The molecule has 0 spiro atoms. The number of unbranched alkanes of at least 4 members (excludes halogenated alkanes) is 1. The Labute approximate surface area is 230 Å². The number of rotatable bonds is 10. The average molecular weight is 501 g/mol. The first kappa shape index (κ1) is 28.4. The van der Waals surface area contributed by atoms with E-state index >= 15 is 0 Å². The summed E-state index contributed by atoms with van der Waals surface area (Å²) in [6.07, 6.45) is 17.4. The Morgan fingerprint density at radius 1 is 0.730 bits per heavy atom. The van der Waals surface area contributed by atoms with Crippen molar-refractivity contribution in [3.63, 3.8) is 0 Å². The molecule has 0 aromatic heterocycles. The molecule has 0 radical (unpaired) electrons. The van der Waals surface area contributed by atoms with Crippen LogP contribution in [0.25, 0.3) is 0 Å². The first-order valence-corrected chi connectivity index (χ1v) is 16.0. The lowest BCUT2D eigenvalue weighted by Gasteiger charge is -2.38. The maximum atomic E-state index is 2.63. The van der Waals surface area contributed by atoms with E-state index in [0.29, 0.717) is 16.7 Å². The summed E-state index contributed by atoms with van der Waals surface area (Å²) < 4.78 is 0. The lowest BCUT2D eigenvalue weighted by molar-refractivity contribution is 0.260. The van der Waals surface area contributed by atoms with Crippen LogP contribution in [-0.4, -0.2) is 0 Å². The number of benzene rings is 2. The third kappa shape index (κ3) is 6.91. The average Bonchev–Trinajstić information content (AvgIpc) is 2.92. The van der Waals surface area contributed by atoms with Crippen LogP contribution in [0.2, 0.25) is 0 Å². The summed E-state index contributed by atoms with van der Waals surface area (Å²) in [7, 11) is 0. The van der Waals surface area contributed by atoms with Crippen molar-refractivity contribution < 1.29 is 0 Å². The van der Waals surface area contributed by atoms with Gasteiger partial charge in [-0.15, -0.1) is 0 Å². The Morgan fingerprint density at radius 2 is 1.19 bits per heavy atom. The summed E-state index contributed by atoms with van der Waals surface area (Å²) in [6.45, 7) is 14.7. The fraction of sp³-hybridized carbons (Fsp3) is 0.676. The van der Waals surface area contributed by atoms with Crippen LogP contribution >= 0.6 is 0 Å². The van der Waals surface area contributed by atoms with Gasteiger partial charge in [0.15, 0.2) is 0 Å². The monoisotopic (exact) mass is 500 g/mol. The summed E-state index contributed by atoms with van der Waals surface area (Å²) in [6, 6.07) is 19.8. The van der Waals surface area contributed by atoms with E-state index in [1.54, 1.807) is 22.3 Å². The van der Waals surface area contributed by atoms with E-state index < -0.39 is 0 Å². The zero-order valence-corrected chi connectivity index (χ0v) is 25.1.